The number of hydrogen-bond acceptors (Lipinski definition) is 6. The van der Waals surface area contributed by atoms with E-state index < -0.39 is 35.4 Å². The largest absolute Gasteiger partial charge is 0.438 e. The van der Waals surface area contributed by atoms with E-state index in [0.717, 1.165) is 35.4 Å². The van der Waals surface area contributed by atoms with Gasteiger partial charge in [0.15, 0.2) is 0 Å². The van der Waals surface area contributed by atoms with Crippen LogP contribution in [0.3, 0.4) is 0 Å². The van der Waals surface area contributed by atoms with Crippen LogP contribution in [0.4, 0.5) is 26.3 Å². The van der Waals surface area contributed by atoms with Gasteiger partial charge in [0.05, 0.1) is 11.1 Å². The number of carbonyl (C=O) groups is 2. The normalized spacial score (nSPS) is 21.0. The Labute approximate surface area is 215 Å². The molecule has 0 bridgehead atoms. The maximum atomic E-state index is 12.7. The van der Waals surface area contributed by atoms with E-state index in [-0.39, 0.29) is 11.8 Å². The van der Waals surface area contributed by atoms with Crippen molar-refractivity contribution in [1.82, 2.24) is 10.1 Å². The number of hydroxylamine groups is 4. The molecule has 0 aliphatic carbocycles. The molecule has 2 atom stereocenters. The van der Waals surface area contributed by atoms with Crippen LogP contribution < -0.4 is 0 Å². The number of rotatable bonds is 6. The molecule has 206 valence electrons. The summed E-state index contributed by atoms with van der Waals surface area (Å²) in [4.78, 5) is 34.7. The predicted molar refractivity (Wildman–Crippen MR) is 122 cm³/mol. The first-order chi connectivity index (χ1) is 17.9. The fraction of sp³-hybridized carbons (Fsp3) is 0.462. The van der Waals surface area contributed by atoms with Crippen LogP contribution in [-0.4, -0.2) is 48.2 Å². The second-order valence-electron chi connectivity index (χ2n) is 9.64. The lowest BCUT2D eigenvalue weighted by Crippen LogP contribution is -2.35. The van der Waals surface area contributed by atoms with Gasteiger partial charge in [0.2, 0.25) is 0 Å². The summed E-state index contributed by atoms with van der Waals surface area (Å²) >= 11 is 0. The molecule has 2 fully saturated rings. The van der Waals surface area contributed by atoms with Gasteiger partial charge in [0.1, 0.15) is 0 Å². The first-order valence-electron chi connectivity index (χ1n) is 12.1. The van der Waals surface area contributed by atoms with Crippen molar-refractivity contribution in [2.45, 2.75) is 38.0 Å². The maximum absolute atomic E-state index is 12.7. The summed E-state index contributed by atoms with van der Waals surface area (Å²) in [6.07, 6.45) is -6.50. The first kappa shape index (κ1) is 27.9. The molecular weight excluding hydrogens is 518 g/mol. The molecule has 0 aromatic heterocycles. The summed E-state index contributed by atoms with van der Waals surface area (Å²) in [6, 6.07) is 9.83. The fourth-order valence-corrected chi connectivity index (χ4v) is 4.73. The van der Waals surface area contributed by atoms with Crippen LogP contribution in [-0.2, 0) is 44.5 Å². The van der Waals surface area contributed by atoms with Gasteiger partial charge in [-0.05, 0) is 72.9 Å². The van der Waals surface area contributed by atoms with Gasteiger partial charge in [-0.3, -0.25) is 0 Å². The van der Waals surface area contributed by atoms with Crippen LogP contribution in [0.2, 0.25) is 0 Å². The number of carbonyl (C=O) groups excluding carboxylic acids is 2. The molecule has 2 heterocycles. The molecule has 2 aromatic carbocycles. The summed E-state index contributed by atoms with van der Waals surface area (Å²) in [5, 5.41) is 2.69. The standard InChI is InChI=1S/C26H26F6N2O4/c27-25(28,29)21-5-1-17(2-6-21)13-19-9-11-33(15-19)37-23(35)24(36)38-34-12-10-20(16-34)14-18-3-7-22(8-4-18)26(30,31)32/h1-8,19-20H,9-16H2. The Kier molecular flexibility index (Phi) is 8.31. The molecule has 2 aliphatic rings. The van der Waals surface area contributed by atoms with E-state index in [0.29, 0.717) is 51.9 Å². The molecule has 4 rings (SSSR count). The van der Waals surface area contributed by atoms with Gasteiger partial charge in [0.25, 0.3) is 0 Å². The quantitative estimate of drug-likeness (QED) is 0.374. The summed E-state index contributed by atoms with van der Waals surface area (Å²) < 4.78 is 76.3. The third-order valence-corrected chi connectivity index (χ3v) is 6.70. The third kappa shape index (κ3) is 7.47. The van der Waals surface area contributed by atoms with Crippen LogP contribution in [0.5, 0.6) is 0 Å². The number of nitrogens with zero attached hydrogens (tertiary/aromatic N) is 2. The number of benzene rings is 2. The molecule has 2 unspecified atom stereocenters. The number of alkyl halides is 6. The monoisotopic (exact) mass is 544 g/mol. The van der Waals surface area contributed by atoms with Crippen LogP contribution in [0.1, 0.15) is 35.1 Å². The average Bonchev–Trinajstić information content (AvgIpc) is 3.47. The maximum Gasteiger partial charge on any atom is 0.438 e. The van der Waals surface area contributed by atoms with Crippen LogP contribution >= 0.6 is 0 Å². The minimum absolute atomic E-state index is 0.0418. The Morgan fingerprint density at radius 1 is 0.658 bits per heavy atom. The topological polar surface area (TPSA) is 59.1 Å². The molecule has 2 aliphatic heterocycles. The molecule has 2 saturated heterocycles. The molecule has 0 radical (unpaired) electrons. The van der Waals surface area contributed by atoms with Gasteiger partial charge in [-0.2, -0.15) is 26.3 Å². The van der Waals surface area contributed by atoms with E-state index in [9.17, 15) is 35.9 Å². The Morgan fingerprint density at radius 2 is 1.00 bits per heavy atom. The highest BCUT2D eigenvalue weighted by Crippen LogP contribution is 2.31. The van der Waals surface area contributed by atoms with Gasteiger partial charge < -0.3 is 9.68 Å². The van der Waals surface area contributed by atoms with Crippen molar-refractivity contribution in [3.05, 3.63) is 70.8 Å². The molecular formula is C26H26F6N2O4. The van der Waals surface area contributed by atoms with E-state index in [1.165, 1.54) is 34.4 Å². The van der Waals surface area contributed by atoms with Crippen molar-refractivity contribution in [3.8, 4) is 0 Å². The molecule has 6 nitrogen and oxygen atoms in total. The second-order valence-corrected chi connectivity index (χ2v) is 9.64. The Bertz CT molecular complexity index is 1030. The average molecular weight is 544 g/mol. The van der Waals surface area contributed by atoms with E-state index in [1.54, 1.807) is 0 Å². The Morgan fingerprint density at radius 3 is 1.32 bits per heavy atom. The highest BCUT2D eigenvalue weighted by molar-refractivity contribution is 6.29. The first-order valence-corrected chi connectivity index (χ1v) is 12.1. The summed E-state index contributed by atoms with van der Waals surface area (Å²) in [5.74, 6) is -2.27. The van der Waals surface area contributed by atoms with E-state index in [2.05, 4.69) is 0 Å². The number of halogens is 6. The summed E-state index contributed by atoms with van der Waals surface area (Å²) in [6.45, 7) is 1.42. The minimum atomic E-state index is -4.40. The molecule has 38 heavy (non-hydrogen) atoms. The lowest BCUT2D eigenvalue weighted by molar-refractivity contribution is -0.213. The lowest BCUT2D eigenvalue weighted by Gasteiger charge is -2.18. The van der Waals surface area contributed by atoms with Gasteiger partial charge in [0, 0.05) is 26.2 Å². The van der Waals surface area contributed by atoms with Crippen molar-refractivity contribution in [3.63, 3.8) is 0 Å². The van der Waals surface area contributed by atoms with Crippen LogP contribution in [0.25, 0.3) is 0 Å². The molecule has 2 aromatic rings. The lowest BCUT2D eigenvalue weighted by atomic mass is 9.98. The van der Waals surface area contributed by atoms with Gasteiger partial charge >= 0.3 is 24.3 Å². The van der Waals surface area contributed by atoms with Crippen molar-refractivity contribution in [2.24, 2.45) is 11.8 Å². The number of hydrogen-bond donors (Lipinski definition) is 0. The van der Waals surface area contributed by atoms with E-state index >= 15 is 0 Å². The van der Waals surface area contributed by atoms with E-state index in [1.807, 2.05) is 0 Å². The van der Waals surface area contributed by atoms with Gasteiger partial charge in [-0.1, -0.05) is 24.3 Å². The summed E-state index contributed by atoms with van der Waals surface area (Å²) in [5.41, 5.74) is 0.0299. The third-order valence-electron chi connectivity index (χ3n) is 6.70. The smallest absolute Gasteiger partial charge is 0.359 e. The zero-order chi connectivity index (χ0) is 27.5. The molecule has 0 amide bonds. The minimum Gasteiger partial charge on any atom is -0.359 e. The van der Waals surface area contributed by atoms with Crippen molar-refractivity contribution in [1.29, 1.82) is 0 Å². The zero-order valence-electron chi connectivity index (χ0n) is 20.2. The van der Waals surface area contributed by atoms with Crippen molar-refractivity contribution in [2.75, 3.05) is 26.2 Å². The molecule has 0 saturated carbocycles. The molecule has 0 spiro atoms. The zero-order valence-corrected chi connectivity index (χ0v) is 20.2. The van der Waals surface area contributed by atoms with Gasteiger partial charge in [-0.25, -0.2) is 9.59 Å². The van der Waals surface area contributed by atoms with Crippen molar-refractivity contribution < 1.29 is 45.6 Å². The van der Waals surface area contributed by atoms with Crippen LogP contribution in [0, 0.1) is 11.8 Å². The van der Waals surface area contributed by atoms with Crippen LogP contribution in [0.15, 0.2) is 48.5 Å². The highest BCUT2D eigenvalue weighted by atomic mass is 19.4. The predicted octanol–water partition coefficient (Wildman–Crippen LogP) is 5.07. The summed E-state index contributed by atoms with van der Waals surface area (Å²) in [7, 11) is 0. The molecule has 12 heteroatoms. The molecule has 0 N–H and O–H groups in total. The Hall–Kier alpha value is -3.12. The SMILES string of the molecule is O=C(ON1CCC(Cc2ccc(C(F)(F)F)cc2)C1)C(=O)ON1CCC(Cc2ccc(C(F)(F)F)cc2)C1. The van der Waals surface area contributed by atoms with Crippen molar-refractivity contribution >= 4 is 11.9 Å². The second kappa shape index (κ2) is 11.3. The van der Waals surface area contributed by atoms with E-state index in [4.69, 9.17) is 9.68 Å². The van der Waals surface area contributed by atoms with Gasteiger partial charge in [-0.15, -0.1) is 10.1 Å². The fourth-order valence-electron chi connectivity index (χ4n) is 4.73. The Balaban J connectivity index is 1.18. The highest BCUT2D eigenvalue weighted by Gasteiger charge is 2.34.